The Morgan fingerprint density at radius 3 is 2.43 bits per heavy atom. The van der Waals surface area contributed by atoms with Crippen LogP contribution in [0.5, 0.6) is 5.75 Å². The van der Waals surface area contributed by atoms with Crippen LogP contribution in [0.1, 0.15) is 49.6 Å². The van der Waals surface area contributed by atoms with Crippen molar-refractivity contribution in [1.82, 2.24) is 24.5 Å². The molecule has 1 aliphatic heterocycles. The summed E-state index contributed by atoms with van der Waals surface area (Å²) in [7, 11) is 0. The van der Waals surface area contributed by atoms with E-state index in [1.54, 1.807) is 9.08 Å². The molecule has 1 atom stereocenters. The lowest BCUT2D eigenvalue weighted by molar-refractivity contribution is -0.0896. The van der Waals surface area contributed by atoms with Crippen LogP contribution in [0.15, 0.2) is 89.1 Å². The standard InChI is InChI=1S/C32H32N6O4/c1-4-7-28-27(30(39)37(31-33-19-34-38(28)31)23-14-16-24(17-15-23)41-20(2)3)18-21-10-12-22(13-11-21)25-8-5-6-9-26(25)29-35-32(40)42-36-29/h5-6,8-17,19-20,32,40H,4,7,18H2,1-3H3,(H,35,36). The highest BCUT2D eigenvalue weighted by atomic mass is 16.7. The second-order valence-corrected chi connectivity index (χ2v) is 10.4. The van der Waals surface area contributed by atoms with E-state index < -0.39 is 6.41 Å². The number of hydrogen-bond donors (Lipinski definition) is 2. The Morgan fingerprint density at radius 2 is 1.76 bits per heavy atom. The van der Waals surface area contributed by atoms with Crippen LogP contribution in [0.2, 0.25) is 0 Å². The first-order valence-electron chi connectivity index (χ1n) is 14.0. The maximum atomic E-state index is 14.1. The number of ether oxygens (including phenoxy) is 1. The number of aryl methyl sites for hydroxylation is 1. The predicted octanol–water partition coefficient (Wildman–Crippen LogP) is 4.44. The summed E-state index contributed by atoms with van der Waals surface area (Å²) in [4.78, 5) is 23.5. The van der Waals surface area contributed by atoms with Crippen molar-refractivity contribution in [2.75, 3.05) is 0 Å². The van der Waals surface area contributed by atoms with Gasteiger partial charge in [0.25, 0.3) is 5.56 Å². The van der Waals surface area contributed by atoms with Crippen molar-refractivity contribution in [2.24, 2.45) is 5.16 Å². The molecule has 1 unspecified atom stereocenters. The number of oxime groups is 1. The predicted molar refractivity (Wildman–Crippen MR) is 160 cm³/mol. The number of rotatable bonds is 9. The Morgan fingerprint density at radius 1 is 1.02 bits per heavy atom. The maximum Gasteiger partial charge on any atom is 0.304 e. The van der Waals surface area contributed by atoms with Crippen LogP contribution in [0, 0.1) is 0 Å². The number of benzene rings is 3. The zero-order chi connectivity index (χ0) is 29.2. The van der Waals surface area contributed by atoms with Gasteiger partial charge in [-0.3, -0.25) is 4.79 Å². The maximum absolute atomic E-state index is 14.1. The van der Waals surface area contributed by atoms with E-state index in [4.69, 9.17) is 9.57 Å². The fourth-order valence-electron chi connectivity index (χ4n) is 5.25. The van der Waals surface area contributed by atoms with Crippen LogP contribution in [-0.4, -0.2) is 42.6 Å². The largest absolute Gasteiger partial charge is 0.491 e. The average molecular weight is 565 g/mol. The number of nitrogens with zero attached hydrogens (tertiary/aromatic N) is 5. The summed E-state index contributed by atoms with van der Waals surface area (Å²) in [5.41, 5.74) is 5.85. The topological polar surface area (TPSA) is 115 Å². The molecule has 0 fully saturated rings. The highest BCUT2D eigenvalue weighted by Crippen LogP contribution is 2.27. The van der Waals surface area contributed by atoms with Gasteiger partial charge in [-0.15, -0.1) is 0 Å². The van der Waals surface area contributed by atoms with Crippen molar-refractivity contribution in [1.29, 1.82) is 0 Å². The lowest BCUT2D eigenvalue weighted by atomic mass is 9.96. The molecule has 2 N–H and O–H groups in total. The molecule has 0 saturated carbocycles. The van der Waals surface area contributed by atoms with Crippen molar-refractivity contribution in [3.63, 3.8) is 0 Å². The van der Waals surface area contributed by atoms with Gasteiger partial charge in [-0.25, -0.2) is 9.08 Å². The van der Waals surface area contributed by atoms with Gasteiger partial charge in [-0.1, -0.05) is 67.0 Å². The molecule has 0 bridgehead atoms. The number of hydrogen-bond acceptors (Lipinski definition) is 8. The molecule has 0 saturated heterocycles. The van der Waals surface area contributed by atoms with Crippen molar-refractivity contribution in [3.05, 3.63) is 112 Å². The summed E-state index contributed by atoms with van der Waals surface area (Å²) in [6.07, 6.45) is 2.38. The molecular weight excluding hydrogens is 532 g/mol. The smallest absolute Gasteiger partial charge is 0.304 e. The number of nitrogens with one attached hydrogen (secondary N) is 1. The third-order valence-corrected chi connectivity index (χ3v) is 7.08. The van der Waals surface area contributed by atoms with E-state index in [-0.39, 0.29) is 11.7 Å². The summed E-state index contributed by atoms with van der Waals surface area (Å²) in [6.45, 7) is 6.04. The molecule has 0 aliphatic carbocycles. The second kappa shape index (κ2) is 11.5. The van der Waals surface area contributed by atoms with Gasteiger partial charge in [0.05, 0.1) is 17.5 Å². The van der Waals surface area contributed by atoms with E-state index in [2.05, 4.69) is 27.5 Å². The van der Waals surface area contributed by atoms with Crippen molar-refractivity contribution in [3.8, 4) is 22.6 Å². The lowest BCUT2D eigenvalue weighted by Crippen LogP contribution is -2.29. The van der Waals surface area contributed by atoms with Gasteiger partial charge in [0.1, 0.15) is 12.1 Å². The number of aromatic nitrogens is 4. The fourth-order valence-corrected chi connectivity index (χ4v) is 5.25. The number of amidine groups is 1. The Bertz CT molecular complexity index is 1810. The van der Waals surface area contributed by atoms with Crippen LogP contribution >= 0.6 is 0 Å². The highest BCUT2D eigenvalue weighted by molar-refractivity contribution is 6.04. The minimum atomic E-state index is -1.16. The molecule has 5 aromatic rings. The second-order valence-electron chi connectivity index (χ2n) is 10.4. The first kappa shape index (κ1) is 27.2. The Balaban J connectivity index is 1.38. The number of fused-ring (bicyclic) bond motifs is 1. The molecular formula is C32H32N6O4. The molecule has 42 heavy (non-hydrogen) atoms. The van der Waals surface area contributed by atoms with E-state index in [1.165, 1.54) is 6.33 Å². The molecule has 3 aromatic carbocycles. The molecule has 0 spiro atoms. The fraction of sp³-hybridized carbons (Fsp3) is 0.250. The first-order valence-corrected chi connectivity index (χ1v) is 14.0. The third kappa shape index (κ3) is 5.24. The van der Waals surface area contributed by atoms with E-state index in [0.29, 0.717) is 35.7 Å². The van der Waals surface area contributed by atoms with Gasteiger partial charge in [0.2, 0.25) is 5.78 Å². The van der Waals surface area contributed by atoms with Crippen LogP contribution < -0.4 is 15.6 Å². The highest BCUT2D eigenvalue weighted by Gasteiger charge is 2.22. The normalized spacial score (nSPS) is 14.6. The Labute approximate surface area is 242 Å². The first-order chi connectivity index (χ1) is 20.4. The average Bonchev–Trinajstić information content (AvgIpc) is 3.65. The summed E-state index contributed by atoms with van der Waals surface area (Å²) >= 11 is 0. The minimum absolute atomic E-state index is 0.0524. The minimum Gasteiger partial charge on any atom is -0.491 e. The van der Waals surface area contributed by atoms with Crippen molar-refractivity contribution in [2.45, 2.75) is 52.6 Å². The van der Waals surface area contributed by atoms with Crippen LogP contribution in [-0.2, 0) is 17.7 Å². The summed E-state index contributed by atoms with van der Waals surface area (Å²) in [6, 6.07) is 23.4. The third-order valence-electron chi connectivity index (χ3n) is 7.08. The molecule has 3 heterocycles. The quantitative estimate of drug-likeness (QED) is 0.272. The molecule has 10 heteroatoms. The lowest BCUT2D eigenvalue weighted by Gasteiger charge is -2.16. The zero-order valence-corrected chi connectivity index (χ0v) is 23.7. The summed E-state index contributed by atoms with van der Waals surface area (Å²) < 4.78 is 9.21. The van der Waals surface area contributed by atoms with Gasteiger partial charge in [-0.05, 0) is 61.2 Å². The van der Waals surface area contributed by atoms with Crippen LogP contribution in [0.25, 0.3) is 22.6 Å². The number of aliphatic hydroxyl groups is 1. The van der Waals surface area contributed by atoms with E-state index in [9.17, 15) is 9.90 Å². The van der Waals surface area contributed by atoms with Gasteiger partial charge in [0.15, 0.2) is 5.84 Å². The van der Waals surface area contributed by atoms with Gasteiger partial charge >= 0.3 is 6.41 Å². The molecule has 214 valence electrons. The van der Waals surface area contributed by atoms with Crippen molar-refractivity contribution >= 4 is 11.6 Å². The van der Waals surface area contributed by atoms with E-state index >= 15 is 0 Å². The van der Waals surface area contributed by atoms with Crippen LogP contribution in [0.3, 0.4) is 0 Å². The zero-order valence-electron chi connectivity index (χ0n) is 23.7. The van der Waals surface area contributed by atoms with Gasteiger partial charge in [0, 0.05) is 17.5 Å². The molecule has 0 radical (unpaired) electrons. The number of aliphatic hydroxyl groups excluding tert-OH is 1. The van der Waals surface area contributed by atoms with Crippen molar-refractivity contribution < 1.29 is 14.7 Å². The van der Waals surface area contributed by atoms with Gasteiger partial charge < -0.3 is 20.0 Å². The summed E-state index contributed by atoms with van der Waals surface area (Å²) in [5, 5.41) is 21.0. The SMILES string of the molecule is CCCc1c(Cc2ccc(-c3ccccc3C3=NOC(O)N3)cc2)c(=O)n(-c2ccc(OC(C)C)cc2)c2ncnn12. The Kier molecular flexibility index (Phi) is 7.45. The monoisotopic (exact) mass is 564 g/mol. The Hall–Kier alpha value is -4.96. The van der Waals surface area contributed by atoms with E-state index in [1.807, 2.05) is 86.6 Å². The summed E-state index contributed by atoms with van der Waals surface area (Å²) in [5.74, 6) is 1.69. The van der Waals surface area contributed by atoms with Gasteiger partial charge in [-0.2, -0.15) is 10.1 Å². The molecule has 0 amide bonds. The van der Waals surface area contributed by atoms with Crippen LogP contribution in [0.4, 0.5) is 0 Å². The molecule has 6 rings (SSSR count). The van der Waals surface area contributed by atoms with E-state index in [0.717, 1.165) is 40.1 Å². The molecule has 10 nitrogen and oxygen atoms in total. The molecule has 1 aliphatic rings. The molecule has 2 aromatic heterocycles.